The van der Waals surface area contributed by atoms with Crippen molar-refractivity contribution in [3.05, 3.63) is 81.9 Å². The summed E-state index contributed by atoms with van der Waals surface area (Å²) in [6.07, 6.45) is 0. The maximum absolute atomic E-state index is 2.40. The lowest BCUT2D eigenvalue weighted by Gasteiger charge is -2.21. The highest BCUT2D eigenvalue weighted by Crippen LogP contribution is 2.41. The van der Waals surface area contributed by atoms with Crippen molar-refractivity contribution in [2.45, 2.75) is 41.5 Å². The fraction of sp³-hybridized carbons (Fsp3) is 0.231. The predicted octanol–water partition coefficient (Wildman–Crippen LogP) is 7.51. The first-order chi connectivity index (χ1) is 12.4. The van der Waals surface area contributed by atoms with Gasteiger partial charge in [0.2, 0.25) is 0 Å². The second-order valence-electron chi connectivity index (χ2n) is 7.64. The zero-order valence-corrected chi connectivity index (χ0v) is 16.6. The van der Waals surface area contributed by atoms with Crippen LogP contribution in [-0.4, -0.2) is 0 Å². The fourth-order valence-electron chi connectivity index (χ4n) is 4.48. The van der Waals surface area contributed by atoms with E-state index >= 15 is 0 Å². The molecule has 0 radical (unpaired) electrons. The van der Waals surface area contributed by atoms with Gasteiger partial charge in [-0.15, -0.1) is 0 Å². The lowest BCUT2D eigenvalue weighted by Crippen LogP contribution is -1.98. The van der Waals surface area contributed by atoms with Gasteiger partial charge in [0, 0.05) is 0 Å². The molecule has 0 amide bonds. The van der Waals surface area contributed by atoms with E-state index in [9.17, 15) is 0 Å². The van der Waals surface area contributed by atoms with Gasteiger partial charge in [0.25, 0.3) is 0 Å². The Morgan fingerprint density at radius 2 is 1.23 bits per heavy atom. The minimum absolute atomic E-state index is 1.34. The van der Waals surface area contributed by atoms with Crippen LogP contribution < -0.4 is 0 Å². The van der Waals surface area contributed by atoms with E-state index in [0.29, 0.717) is 0 Å². The van der Waals surface area contributed by atoms with Crippen LogP contribution in [-0.2, 0) is 0 Å². The normalized spacial score (nSPS) is 11.5. The minimum Gasteiger partial charge on any atom is -0.0616 e. The summed E-state index contributed by atoms with van der Waals surface area (Å²) in [5.74, 6) is 0. The standard InChI is InChI=1S/C26H26/c1-15-10-9-11-21-14-24(18(4)20(6)25(15)21)26-19(5)16(2)17(3)22-12-7-8-13-23(22)26/h7-14H,1-6H3. The van der Waals surface area contributed by atoms with E-state index in [1.807, 2.05) is 0 Å². The van der Waals surface area contributed by atoms with Crippen LogP contribution in [0.1, 0.15) is 33.4 Å². The molecule has 4 rings (SSSR count). The lowest BCUT2D eigenvalue weighted by atomic mass is 9.83. The Kier molecular flexibility index (Phi) is 3.88. The Labute approximate surface area is 156 Å². The van der Waals surface area contributed by atoms with Crippen molar-refractivity contribution in [3.63, 3.8) is 0 Å². The van der Waals surface area contributed by atoms with Gasteiger partial charge in [-0.2, -0.15) is 0 Å². The molecule has 0 nitrogen and oxygen atoms in total. The maximum atomic E-state index is 2.40. The SMILES string of the molecule is Cc1c(C)c(-c2cc3cccc(C)c3c(C)c2C)c2ccccc2c1C. The Morgan fingerprint density at radius 1 is 0.538 bits per heavy atom. The Morgan fingerprint density at radius 3 is 1.96 bits per heavy atom. The molecule has 0 fully saturated rings. The molecule has 0 heterocycles. The van der Waals surface area contributed by atoms with Gasteiger partial charge in [0.05, 0.1) is 0 Å². The van der Waals surface area contributed by atoms with Crippen molar-refractivity contribution in [1.29, 1.82) is 0 Å². The summed E-state index contributed by atoms with van der Waals surface area (Å²) in [7, 11) is 0. The second-order valence-corrected chi connectivity index (χ2v) is 7.64. The molecule has 0 N–H and O–H groups in total. The average Bonchev–Trinajstić information content (AvgIpc) is 2.64. The highest BCUT2D eigenvalue weighted by atomic mass is 14.2. The molecular formula is C26H26. The summed E-state index contributed by atoms with van der Waals surface area (Å²) in [6, 6.07) is 17.9. The zero-order valence-electron chi connectivity index (χ0n) is 16.6. The summed E-state index contributed by atoms with van der Waals surface area (Å²) < 4.78 is 0. The van der Waals surface area contributed by atoms with Gasteiger partial charge in [-0.05, 0) is 114 Å². The molecule has 26 heavy (non-hydrogen) atoms. The number of rotatable bonds is 1. The second kappa shape index (κ2) is 5.99. The van der Waals surface area contributed by atoms with Crippen molar-refractivity contribution in [2.24, 2.45) is 0 Å². The molecule has 0 spiro atoms. The third-order valence-electron chi connectivity index (χ3n) is 6.32. The molecule has 130 valence electrons. The van der Waals surface area contributed by atoms with E-state index in [2.05, 4.69) is 90.1 Å². The molecule has 0 bridgehead atoms. The first-order valence-corrected chi connectivity index (χ1v) is 9.40. The van der Waals surface area contributed by atoms with Gasteiger partial charge in [-0.3, -0.25) is 0 Å². The molecule has 0 saturated carbocycles. The van der Waals surface area contributed by atoms with Crippen molar-refractivity contribution >= 4 is 21.5 Å². The topological polar surface area (TPSA) is 0 Å². The van der Waals surface area contributed by atoms with E-state index in [1.54, 1.807) is 0 Å². The van der Waals surface area contributed by atoms with E-state index in [0.717, 1.165) is 0 Å². The van der Waals surface area contributed by atoms with Gasteiger partial charge in [0.1, 0.15) is 0 Å². The van der Waals surface area contributed by atoms with Crippen LogP contribution in [0.4, 0.5) is 0 Å². The highest BCUT2D eigenvalue weighted by Gasteiger charge is 2.17. The molecule has 0 aromatic heterocycles. The van der Waals surface area contributed by atoms with Crippen LogP contribution in [0.15, 0.2) is 48.5 Å². The van der Waals surface area contributed by atoms with Crippen molar-refractivity contribution in [2.75, 3.05) is 0 Å². The number of hydrogen-bond acceptors (Lipinski definition) is 0. The van der Waals surface area contributed by atoms with E-state index < -0.39 is 0 Å². The first-order valence-electron chi connectivity index (χ1n) is 9.40. The van der Waals surface area contributed by atoms with E-state index in [4.69, 9.17) is 0 Å². The zero-order chi connectivity index (χ0) is 18.6. The van der Waals surface area contributed by atoms with E-state index in [-0.39, 0.29) is 0 Å². The van der Waals surface area contributed by atoms with Crippen molar-refractivity contribution < 1.29 is 0 Å². The number of benzene rings is 4. The summed E-state index contributed by atoms with van der Waals surface area (Å²) >= 11 is 0. The van der Waals surface area contributed by atoms with Crippen molar-refractivity contribution in [1.82, 2.24) is 0 Å². The van der Waals surface area contributed by atoms with Crippen LogP contribution in [0.25, 0.3) is 32.7 Å². The first kappa shape index (κ1) is 16.8. The molecule has 4 aromatic rings. The summed E-state index contributed by atoms with van der Waals surface area (Å²) in [6.45, 7) is 13.5. The predicted molar refractivity (Wildman–Crippen MR) is 115 cm³/mol. The van der Waals surface area contributed by atoms with Gasteiger partial charge >= 0.3 is 0 Å². The smallest absolute Gasteiger partial charge is 0.00703 e. The molecule has 0 aliphatic carbocycles. The molecule has 0 aliphatic heterocycles. The fourth-order valence-corrected chi connectivity index (χ4v) is 4.48. The van der Waals surface area contributed by atoms with Crippen LogP contribution in [0.2, 0.25) is 0 Å². The maximum Gasteiger partial charge on any atom is -0.00703 e. The Bertz CT molecular complexity index is 1180. The molecule has 4 aromatic carbocycles. The van der Waals surface area contributed by atoms with Crippen LogP contribution in [0.5, 0.6) is 0 Å². The summed E-state index contributed by atoms with van der Waals surface area (Å²) in [4.78, 5) is 0. The largest absolute Gasteiger partial charge is 0.0616 e. The molecule has 0 aliphatic rings. The van der Waals surface area contributed by atoms with Gasteiger partial charge in [-0.1, -0.05) is 42.5 Å². The Hall–Kier alpha value is -2.60. The third kappa shape index (κ3) is 2.29. The van der Waals surface area contributed by atoms with Crippen LogP contribution in [0.3, 0.4) is 0 Å². The van der Waals surface area contributed by atoms with Crippen LogP contribution >= 0.6 is 0 Å². The van der Waals surface area contributed by atoms with E-state index in [1.165, 1.54) is 66.1 Å². The van der Waals surface area contributed by atoms with Gasteiger partial charge < -0.3 is 0 Å². The van der Waals surface area contributed by atoms with Gasteiger partial charge in [-0.25, -0.2) is 0 Å². The molecular weight excluding hydrogens is 312 g/mol. The number of fused-ring (bicyclic) bond motifs is 2. The molecule has 0 heteroatoms. The third-order valence-corrected chi connectivity index (χ3v) is 6.32. The quantitative estimate of drug-likeness (QED) is 0.337. The van der Waals surface area contributed by atoms with Crippen LogP contribution in [0, 0.1) is 41.5 Å². The number of aryl methyl sites for hydroxylation is 3. The number of hydrogen-bond donors (Lipinski definition) is 0. The van der Waals surface area contributed by atoms with Gasteiger partial charge in [0.15, 0.2) is 0 Å². The monoisotopic (exact) mass is 338 g/mol. The molecule has 0 unspecified atom stereocenters. The van der Waals surface area contributed by atoms with Crippen molar-refractivity contribution in [3.8, 4) is 11.1 Å². The average molecular weight is 338 g/mol. The minimum atomic E-state index is 1.34. The summed E-state index contributed by atoms with van der Waals surface area (Å²) in [5, 5.41) is 5.47. The Balaban J connectivity index is 2.20. The highest BCUT2D eigenvalue weighted by molar-refractivity contribution is 6.04. The lowest BCUT2D eigenvalue weighted by molar-refractivity contribution is 1.29. The molecule has 0 atom stereocenters. The summed E-state index contributed by atoms with van der Waals surface area (Å²) in [5.41, 5.74) is 11.1. The molecule has 0 saturated heterocycles.